The van der Waals surface area contributed by atoms with Crippen LogP contribution in [0.25, 0.3) is 0 Å². The van der Waals surface area contributed by atoms with Gasteiger partial charge in [-0.05, 0) is 116 Å². The summed E-state index contributed by atoms with van der Waals surface area (Å²) in [7, 11) is 0. The Morgan fingerprint density at radius 1 is 0.273 bits per heavy atom. The lowest BCUT2D eigenvalue weighted by molar-refractivity contribution is -0.167. The first kappa shape index (κ1) is 73.3. The van der Waals surface area contributed by atoms with E-state index in [1.165, 1.54) is 186 Å². The summed E-state index contributed by atoms with van der Waals surface area (Å²) in [6.07, 6.45) is 87.1. The Hall–Kier alpha value is -3.67. The fourth-order valence-corrected chi connectivity index (χ4v) is 9.15. The van der Waals surface area contributed by atoms with Crippen molar-refractivity contribution in [1.82, 2.24) is 0 Å². The highest BCUT2D eigenvalue weighted by atomic mass is 16.6. The zero-order valence-corrected chi connectivity index (χ0v) is 50.7. The summed E-state index contributed by atoms with van der Waals surface area (Å²) in [5, 5.41) is 0. The van der Waals surface area contributed by atoms with E-state index < -0.39 is 6.10 Å². The summed E-state index contributed by atoms with van der Waals surface area (Å²) in [5.41, 5.74) is 0. The highest BCUT2D eigenvalue weighted by Crippen LogP contribution is 2.16. The lowest BCUT2D eigenvalue weighted by Crippen LogP contribution is -2.30. The molecule has 0 heterocycles. The van der Waals surface area contributed by atoms with Crippen LogP contribution in [-0.2, 0) is 28.6 Å². The largest absolute Gasteiger partial charge is 0.462 e. The van der Waals surface area contributed by atoms with Gasteiger partial charge in [-0.25, -0.2) is 0 Å². The van der Waals surface area contributed by atoms with Gasteiger partial charge in [0.05, 0.1) is 0 Å². The quantitative estimate of drug-likeness (QED) is 0.0261. The first-order chi connectivity index (χ1) is 38.0. The standard InChI is InChI=1S/C71H122O6/c1-4-7-10-13-16-19-22-25-28-31-32-33-34-35-36-37-38-41-43-46-49-52-55-58-61-64-70(73)76-67-68(77-71(74)65-62-59-56-53-50-47-44-40-30-27-24-21-18-15-12-9-6-3)66-75-69(72)63-60-57-54-51-48-45-42-39-29-26-23-20-17-14-11-8-5-2/h9,12,18,21-22,25-27,29-32,44,47,53,56,68H,4-8,10-11,13-17,19-20,23-24,28,33-43,45-46,48-52,54-55,57-67H2,1-3H3/b12-9-,21-18-,25-22-,29-26-,30-27-,32-31-,47-44-,56-53-. The Labute approximate surface area is 477 Å². The maximum Gasteiger partial charge on any atom is 0.306 e. The van der Waals surface area contributed by atoms with Crippen molar-refractivity contribution in [1.29, 1.82) is 0 Å². The summed E-state index contributed by atoms with van der Waals surface area (Å²) in [5.74, 6) is -0.954. The molecule has 1 unspecified atom stereocenters. The molecule has 0 radical (unpaired) electrons. The summed E-state index contributed by atoms with van der Waals surface area (Å²) < 4.78 is 16.9. The monoisotopic (exact) mass is 1070 g/mol. The van der Waals surface area contributed by atoms with E-state index in [2.05, 4.69) is 118 Å². The number of hydrogen-bond donors (Lipinski definition) is 0. The second-order valence-corrected chi connectivity index (χ2v) is 21.6. The van der Waals surface area contributed by atoms with Gasteiger partial charge in [-0.1, -0.05) is 279 Å². The van der Waals surface area contributed by atoms with Gasteiger partial charge in [-0.3, -0.25) is 14.4 Å². The van der Waals surface area contributed by atoms with E-state index in [1.807, 2.05) is 0 Å². The van der Waals surface area contributed by atoms with Gasteiger partial charge in [0, 0.05) is 19.3 Å². The molecule has 0 aromatic rings. The summed E-state index contributed by atoms with van der Waals surface area (Å²) >= 11 is 0. The third-order valence-corrected chi connectivity index (χ3v) is 14.0. The minimum atomic E-state index is -0.811. The van der Waals surface area contributed by atoms with Crippen LogP contribution in [0, 0.1) is 0 Å². The Balaban J connectivity index is 4.39. The molecule has 6 nitrogen and oxygen atoms in total. The number of hydrogen-bond acceptors (Lipinski definition) is 6. The molecule has 0 aromatic carbocycles. The molecule has 6 heteroatoms. The molecule has 0 aliphatic carbocycles. The van der Waals surface area contributed by atoms with Crippen LogP contribution in [-0.4, -0.2) is 37.2 Å². The van der Waals surface area contributed by atoms with E-state index in [-0.39, 0.29) is 37.5 Å². The van der Waals surface area contributed by atoms with Crippen LogP contribution in [0.5, 0.6) is 0 Å². The summed E-state index contributed by atoms with van der Waals surface area (Å²) in [6.45, 7) is 6.49. The summed E-state index contributed by atoms with van der Waals surface area (Å²) in [4.78, 5) is 38.3. The molecule has 442 valence electrons. The van der Waals surface area contributed by atoms with E-state index in [9.17, 15) is 14.4 Å². The van der Waals surface area contributed by atoms with Gasteiger partial charge < -0.3 is 14.2 Å². The van der Waals surface area contributed by atoms with Gasteiger partial charge in [0.1, 0.15) is 13.2 Å². The van der Waals surface area contributed by atoms with Crippen LogP contribution in [0.15, 0.2) is 97.2 Å². The highest BCUT2D eigenvalue weighted by molar-refractivity contribution is 5.71. The number of carbonyl (C=O) groups excluding carboxylic acids is 3. The van der Waals surface area contributed by atoms with Gasteiger partial charge in [0.2, 0.25) is 0 Å². The number of carbonyl (C=O) groups is 3. The second-order valence-electron chi connectivity index (χ2n) is 21.6. The average Bonchev–Trinajstić information content (AvgIpc) is 3.43. The molecule has 0 aromatic heterocycles. The molecule has 0 amide bonds. The van der Waals surface area contributed by atoms with E-state index in [0.29, 0.717) is 19.3 Å². The fraction of sp³-hybridized carbons (Fsp3) is 0.732. The molecule has 1 atom stereocenters. The van der Waals surface area contributed by atoms with Crippen LogP contribution < -0.4 is 0 Å². The van der Waals surface area contributed by atoms with Crippen molar-refractivity contribution >= 4 is 17.9 Å². The second kappa shape index (κ2) is 64.9. The molecular formula is C71H122O6. The first-order valence-corrected chi connectivity index (χ1v) is 32.7. The predicted octanol–water partition coefficient (Wildman–Crippen LogP) is 22.4. The molecule has 0 bridgehead atoms. The van der Waals surface area contributed by atoms with Crippen molar-refractivity contribution < 1.29 is 28.6 Å². The van der Waals surface area contributed by atoms with Crippen molar-refractivity contribution in [3.05, 3.63) is 97.2 Å². The smallest absolute Gasteiger partial charge is 0.306 e. The highest BCUT2D eigenvalue weighted by Gasteiger charge is 2.19. The molecule has 0 saturated heterocycles. The Kier molecular flexibility index (Phi) is 61.8. The normalized spacial score (nSPS) is 12.7. The maximum absolute atomic E-state index is 12.9. The van der Waals surface area contributed by atoms with Gasteiger partial charge in [-0.2, -0.15) is 0 Å². The molecule has 0 aliphatic rings. The van der Waals surface area contributed by atoms with Gasteiger partial charge in [0.15, 0.2) is 6.10 Å². The molecule has 0 spiro atoms. The average molecular weight is 1070 g/mol. The fourth-order valence-electron chi connectivity index (χ4n) is 9.15. The molecular weight excluding hydrogens is 949 g/mol. The number of rotatable bonds is 59. The number of allylic oxidation sites excluding steroid dienone is 16. The molecule has 0 saturated carbocycles. The van der Waals surface area contributed by atoms with Crippen molar-refractivity contribution in [3.8, 4) is 0 Å². The number of unbranched alkanes of at least 4 members (excludes halogenated alkanes) is 32. The third-order valence-electron chi connectivity index (χ3n) is 14.0. The van der Waals surface area contributed by atoms with Crippen molar-refractivity contribution in [3.63, 3.8) is 0 Å². The van der Waals surface area contributed by atoms with E-state index in [1.54, 1.807) is 0 Å². The Morgan fingerprint density at radius 3 is 0.844 bits per heavy atom. The number of ether oxygens (including phenoxy) is 3. The zero-order chi connectivity index (χ0) is 55.7. The van der Waals surface area contributed by atoms with E-state index in [0.717, 1.165) is 83.5 Å². The van der Waals surface area contributed by atoms with E-state index in [4.69, 9.17) is 14.2 Å². The molecule has 0 rings (SSSR count). The van der Waals surface area contributed by atoms with Crippen LogP contribution in [0.4, 0.5) is 0 Å². The van der Waals surface area contributed by atoms with Crippen LogP contribution in [0.1, 0.15) is 316 Å². The van der Waals surface area contributed by atoms with Gasteiger partial charge in [-0.15, -0.1) is 0 Å². The molecule has 0 fully saturated rings. The van der Waals surface area contributed by atoms with E-state index >= 15 is 0 Å². The van der Waals surface area contributed by atoms with Crippen LogP contribution >= 0.6 is 0 Å². The van der Waals surface area contributed by atoms with Crippen LogP contribution in [0.3, 0.4) is 0 Å². The zero-order valence-electron chi connectivity index (χ0n) is 50.7. The SMILES string of the molecule is CC/C=C\C/C=C\C/C=C\C/C=C\C/C=C\CCCC(=O)OC(COC(=O)CCCCCCCCC/C=C\CCCCCCCC)COC(=O)CCCCCCCCCCCCCCC/C=C\C/C=C\CCCCCCC. The molecule has 77 heavy (non-hydrogen) atoms. The predicted molar refractivity (Wildman–Crippen MR) is 334 cm³/mol. The lowest BCUT2D eigenvalue weighted by atomic mass is 10.0. The first-order valence-electron chi connectivity index (χ1n) is 32.7. The topological polar surface area (TPSA) is 78.9 Å². The minimum Gasteiger partial charge on any atom is -0.462 e. The number of esters is 3. The van der Waals surface area contributed by atoms with Crippen molar-refractivity contribution in [2.45, 2.75) is 322 Å². The van der Waals surface area contributed by atoms with Crippen molar-refractivity contribution in [2.75, 3.05) is 13.2 Å². The maximum atomic E-state index is 12.9. The molecule has 0 N–H and O–H groups in total. The minimum absolute atomic E-state index is 0.101. The lowest BCUT2D eigenvalue weighted by Gasteiger charge is -2.18. The van der Waals surface area contributed by atoms with Crippen molar-refractivity contribution in [2.24, 2.45) is 0 Å². The Bertz CT molecular complexity index is 1510. The summed E-state index contributed by atoms with van der Waals surface area (Å²) in [6, 6.07) is 0. The Morgan fingerprint density at radius 2 is 0.519 bits per heavy atom. The van der Waals surface area contributed by atoms with Gasteiger partial charge in [0.25, 0.3) is 0 Å². The third kappa shape index (κ3) is 63.0. The molecule has 0 aliphatic heterocycles. The van der Waals surface area contributed by atoms with Gasteiger partial charge >= 0.3 is 17.9 Å². The van der Waals surface area contributed by atoms with Crippen LogP contribution in [0.2, 0.25) is 0 Å².